The first kappa shape index (κ1) is 21.5. The van der Waals surface area contributed by atoms with Crippen LogP contribution in [-0.4, -0.2) is 64.9 Å². The van der Waals surface area contributed by atoms with Crippen LogP contribution in [0.5, 0.6) is 5.75 Å². The lowest BCUT2D eigenvalue weighted by Gasteiger charge is -2.25. The van der Waals surface area contributed by atoms with E-state index in [9.17, 15) is 14.7 Å². The average Bonchev–Trinajstić information content (AvgIpc) is 2.97. The van der Waals surface area contributed by atoms with E-state index in [0.717, 1.165) is 0 Å². The summed E-state index contributed by atoms with van der Waals surface area (Å²) >= 11 is 0. The molecule has 1 amide bonds. The molecule has 7 nitrogen and oxygen atoms in total. The quantitative estimate of drug-likeness (QED) is 0.430. The maximum atomic E-state index is 12.9. The molecule has 0 radical (unpaired) electrons. The van der Waals surface area contributed by atoms with Crippen LogP contribution in [0.15, 0.2) is 54.2 Å². The van der Waals surface area contributed by atoms with Gasteiger partial charge in [0.15, 0.2) is 0 Å². The van der Waals surface area contributed by atoms with Crippen molar-refractivity contribution in [3.8, 4) is 5.75 Å². The number of benzene rings is 1. The first-order chi connectivity index (χ1) is 14.3. The Kier molecular flexibility index (Phi) is 6.52. The summed E-state index contributed by atoms with van der Waals surface area (Å²) in [6, 6.07) is 11.4. The highest BCUT2D eigenvalue weighted by atomic mass is 16.5. The number of likely N-dealkylation sites (tertiary alicyclic amines) is 1. The molecule has 1 fully saturated rings. The van der Waals surface area contributed by atoms with Gasteiger partial charge in [-0.3, -0.25) is 14.6 Å². The average molecular weight is 409 g/mol. The van der Waals surface area contributed by atoms with Crippen molar-refractivity contribution in [2.24, 2.45) is 0 Å². The minimum absolute atomic E-state index is 0.0237. The molecule has 0 spiro atoms. The van der Waals surface area contributed by atoms with Crippen molar-refractivity contribution >= 4 is 17.4 Å². The van der Waals surface area contributed by atoms with Gasteiger partial charge in [-0.2, -0.15) is 0 Å². The van der Waals surface area contributed by atoms with Crippen molar-refractivity contribution in [3.05, 3.63) is 65.5 Å². The van der Waals surface area contributed by atoms with Crippen LogP contribution in [0.1, 0.15) is 31.1 Å². The lowest BCUT2D eigenvalue weighted by atomic mass is 9.98. The van der Waals surface area contributed by atoms with Gasteiger partial charge in [0.25, 0.3) is 11.7 Å². The summed E-state index contributed by atoms with van der Waals surface area (Å²) in [6.45, 7) is 4.78. The summed E-state index contributed by atoms with van der Waals surface area (Å²) in [5.41, 5.74) is 1.03. The van der Waals surface area contributed by atoms with Crippen molar-refractivity contribution in [1.82, 2.24) is 14.8 Å². The van der Waals surface area contributed by atoms with Crippen LogP contribution in [0.4, 0.5) is 0 Å². The fourth-order valence-electron chi connectivity index (χ4n) is 3.38. The Morgan fingerprint density at radius 1 is 1.17 bits per heavy atom. The van der Waals surface area contributed by atoms with Gasteiger partial charge in [-0.25, -0.2) is 0 Å². The second kappa shape index (κ2) is 9.09. The summed E-state index contributed by atoms with van der Waals surface area (Å²) in [5, 5.41) is 11.0. The molecule has 2 aromatic rings. The van der Waals surface area contributed by atoms with Crippen LogP contribution >= 0.6 is 0 Å². The number of aliphatic hydroxyl groups is 1. The van der Waals surface area contributed by atoms with E-state index in [-0.39, 0.29) is 17.4 Å². The number of nitrogens with zero attached hydrogens (tertiary/aromatic N) is 3. The minimum atomic E-state index is -0.738. The van der Waals surface area contributed by atoms with Gasteiger partial charge < -0.3 is 19.6 Å². The summed E-state index contributed by atoms with van der Waals surface area (Å²) in [7, 11) is 3.79. The number of amides is 1. The molecule has 1 saturated heterocycles. The molecular weight excluding hydrogens is 382 g/mol. The smallest absolute Gasteiger partial charge is 0.295 e. The molecule has 1 aliphatic rings. The Morgan fingerprint density at radius 2 is 1.87 bits per heavy atom. The monoisotopic (exact) mass is 409 g/mol. The number of carbonyl (C=O) groups excluding carboxylic acids is 2. The van der Waals surface area contributed by atoms with Crippen molar-refractivity contribution in [3.63, 3.8) is 0 Å². The fourth-order valence-corrected chi connectivity index (χ4v) is 3.38. The number of aliphatic hydroxyl groups excluding tert-OH is 1. The van der Waals surface area contributed by atoms with Crippen LogP contribution in [0.3, 0.4) is 0 Å². The van der Waals surface area contributed by atoms with E-state index in [1.54, 1.807) is 48.7 Å². The standard InChI is InChI=1S/C23H27N3O4/c1-15(2)30-17-10-8-16(9-11-17)21(27)19-20(18-7-5-6-12-24-18)26(14-13-25(3)4)23(29)22(19)28/h5-12,15,20,27H,13-14H2,1-4H3/b21-19-. The Bertz CT molecular complexity index is 937. The van der Waals surface area contributed by atoms with E-state index < -0.39 is 17.7 Å². The SMILES string of the molecule is CC(C)Oc1ccc(/C(O)=C2/C(=O)C(=O)N(CCN(C)C)C2c2ccccn2)cc1. The topological polar surface area (TPSA) is 83.0 Å². The Balaban J connectivity index is 2.05. The molecule has 2 heterocycles. The molecule has 0 saturated carbocycles. The minimum Gasteiger partial charge on any atom is -0.507 e. The molecule has 1 aliphatic heterocycles. The number of hydrogen-bond acceptors (Lipinski definition) is 6. The highest BCUT2D eigenvalue weighted by Gasteiger charge is 2.46. The van der Waals surface area contributed by atoms with E-state index >= 15 is 0 Å². The molecule has 0 bridgehead atoms. The summed E-state index contributed by atoms with van der Waals surface area (Å²) in [6.07, 6.45) is 1.63. The van der Waals surface area contributed by atoms with E-state index in [2.05, 4.69) is 4.98 Å². The van der Waals surface area contributed by atoms with Gasteiger partial charge in [0.05, 0.1) is 17.4 Å². The largest absolute Gasteiger partial charge is 0.507 e. The van der Waals surface area contributed by atoms with Crippen LogP contribution < -0.4 is 4.74 Å². The Hall–Kier alpha value is -3.19. The molecule has 1 unspecified atom stereocenters. The zero-order chi connectivity index (χ0) is 21.8. The van der Waals surface area contributed by atoms with Gasteiger partial charge in [-0.15, -0.1) is 0 Å². The number of carbonyl (C=O) groups is 2. The predicted octanol–water partition coefficient (Wildman–Crippen LogP) is 2.85. The Labute approximate surface area is 176 Å². The number of rotatable bonds is 7. The van der Waals surface area contributed by atoms with Crippen molar-refractivity contribution in [2.45, 2.75) is 26.0 Å². The van der Waals surface area contributed by atoms with Gasteiger partial charge in [0, 0.05) is 24.8 Å². The van der Waals surface area contributed by atoms with Gasteiger partial charge in [-0.1, -0.05) is 6.07 Å². The van der Waals surface area contributed by atoms with Crippen LogP contribution in [-0.2, 0) is 9.59 Å². The summed E-state index contributed by atoms with van der Waals surface area (Å²) in [5.74, 6) is -0.889. The second-order valence-electron chi connectivity index (χ2n) is 7.74. The highest BCUT2D eigenvalue weighted by Crippen LogP contribution is 2.38. The molecule has 158 valence electrons. The molecule has 1 aromatic heterocycles. The van der Waals surface area contributed by atoms with Crippen molar-refractivity contribution in [2.75, 3.05) is 27.2 Å². The van der Waals surface area contributed by atoms with E-state index in [4.69, 9.17) is 4.74 Å². The number of ether oxygens (including phenoxy) is 1. The molecular formula is C23H27N3O4. The molecule has 3 rings (SSSR count). The van der Waals surface area contributed by atoms with Crippen LogP contribution in [0.25, 0.3) is 5.76 Å². The highest BCUT2D eigenvalue weighted by molar-refractivity contribution is 6.46. The second-order valence-corrected chi connectivity index (χ2v) is 7.74. The van der Waals surface area contributed by atoms with Gasteiger partial charge in [0.2, 0.25) is 0 Å². The summed E-state index contributed by atoms with van der Waals surface area (Å²) in [4.78, 5) is 33.5. The van der Waals surface area contributed by atoms with E-state index in [1.165, 1.54) is 4.90 Å². The maximum absolute atomic E-state index is 12.9. The third-order valence-electron chi connectivity index (χ3n) is 4.80. The molecule has 30 heavy (non-hydrogen) atoms. The predicted molar refractivity (Wildman–Crippen MR) is 114 cm³/mol. The van der Waals surface area contributed by atoms with E-state index in [0.29, 0.717) is 30.1 Å². The molecule has 0 aliphatic carbocycles. The Morgan fingerprint density at radius 3 is 2.43 bits per heavy atom. The van der Waals surface area contributed by atoms with Crippen molar-refractivity contribution < 1.29 is 19.4 Å². The first-order valence-corrected chi connectivity index (χ1v) is 9.90. The number of Topliss-reactive ketones (excluding diaryl/α,β-unsaturated/α-hetero) is 1. The van der Waals surface area contributed by atoms with Gasteiger partial charge in [0.1, 0.15) is 17.6 Å². The molecule has 1 aromatic carbocycles. The summed E-state index contributed by atoms with van der Waals surface area (Å²) < 4.78 is 5.63. The van der Waals surface area contributed by atoms with Crippen LogP contribution in [0, 0.1) is 0 Å². The lowest BCUT2D eigenvalue weighted by Crippen LogP contribution is -2.35. The van der Waals surface area contributed by atoms with Gasteiger partial charge in [-0.05, 0) is 64.3 Å². The number of hydrogen-bond donors (Lipinski definition) is 1. The zero-order valence-corrected chi connectivity index (χ0v) is 17.7. The van der Waals surface area contributed by atoms with Gasteiger partial charge >= 0.3 is 0 Å². The lowest BCUT2D eigenvalue weighted by molar-refractivity contribution is -0.140. The molecule has 7 heteroatoms. The zero-order valence-electron chi connectivity index (χ0n) is 17.7. The number of pyridine rings is 1. The normalized spacial score (nSPS) is 18.5. The maximum Gasteiger partial charge on any atom is 0.295 e. The van der Waals surface area contributed by atoms with Crippen LogP contribution in [0.2, 0.25) is 0 Å². The number of aromatic nitrogens is 1. The van der Waals surface area contributed by atoms with Crippen molar-refractivity contribution in [1.29, 1.82) is 0 Å². The number of likely N-dealkylation sites (N-methyl/N-ethyl adjacent to an activating group) is 1. The van der Waals surface area contributed by atoms with E-state index in [1.807, 2.05) is 32.8 Å². The third kappa shape index (κ3) is 4.52. The third-order valence-corrected chi connectivity index (χ3v) is 4.80. The number of ketones is 1. The molecule has 1 N–H and O–H groups in total. The first-order valence-electron chi connectivity index (χ1n) is 9.90. The fraction of sp³-hybridized carbons (Fsp3) is 0.348. The molecule has 1 atom stereocenters.